The van der Waals surface area contributed by atoms with Crippen LogP contribution in [0.15, 0.2) is 98.2 Å². The Labute approximate surface area is 186 Å². The third-order valence-corrected chi connectivity index (χ3v) is 4.87. The molecule has 2 nitrogen and oxygen atoms in total. The molecule has 0 aliphatic rings. The van der Waals surface area contributed by atoms with Crippen LogP contribution in [0.2, 0.25) is 0 Å². The van der Waals surface area contributed by atoms with Crippen molar-refractivity contribution in [3.8, 4) is 22.4 Å². The summed E-state index contributed by atoms with van der Waals surface area (Å²) in [4.78, 5) is 4.84. The first kappa shape index (κ1) is 22.0. The molecular formula is C29H30N2. The SMILES string of the molecule is C=CNc1cc(-c2ccc(-c3ccc(C(=C)C)cc3)cc2)nc2ccccc12.CCC. The van der Waals surface area contributed by atoms with Crippen molar-refractivity contribution in [1.82, 2.24) is 4.98 Å². The number of para-hydroxylation sites is 1. The van der Waals surface area contributed by atoms with E-state index in [4.69, 9.17) is 4.98 Å². The van der Waals surface area contributed by atoms with Crippen molar-refractivity contribution in [3.05, 3.63) is 104 Å². The number of nitrogens with zero attached hydrogens (tertiary/aromatic N) is 1. The molecule has 156 valence electrons. The van der Waals surface area contributed by atoms with Gasteiger partial charge in [0, 0.05) is 16.6 Å². The molecule has 0 saturated heterocycles. The molecule has 1 N–H and O–H groups in total. The van der Waals surface area contributed by atoms with Crippen LogP contribution in [0.25, 0.3) is 38.9 Å². The molecule has 4 aromatic rings. The fourth-order valence-electron chi connectivity index (χ4n) is 3.33. The van der Waals surface area contributed by atoms with Crippen LogP contribution in [-0.2, 0) is 0 Å². The van der Waals surface area contributed by atoms with E-state index in [1.54, 1.807) is 6.20 Å². The van der Waals surface area contributed by atoms with Crippen molar-refractivity contribution >= 4 is 22.2 Å². The maximum Gasteiger partial charge on any atom is 0.0730 e. The monoisotopic (exact) mass is 406 g/mol. The number of benzene rings is 3. The Kier molecular flexibility index (Phi) is 7.40. The second-order valence-corrected chi connectivity index (χ2v) is 7.56. The van der Waals surface area contributed by atoms with Crippen molar-refractivity contribution in [2.45, 2.75) is 27.2 Å². The van der Waals surface area contributed by atoms with Gasteiger partial charge in [-0.2, -0.15) is 0 Å². The lowest BCUT2D eigenvalue weighted by molar-refractivity contribution is 1.09. The Balaban J connectivity index is 0.000000858. The Morgan fingerprint density at radius 2 is 1.42 bits per heavy atom. The maximum atomic E-state index is 4.84. The molecule has 0 saturated carbocycles. The van der Waals surface area contributed by atoms with E-state index in [1.807, 2.05) is 25.1 Å². The molecule has 0 fully saturated rings. The highest BCUT2D eigenvalue weighted by atomic mass is 14.9. The van der Waals surface area contributed by atoms with Gasteiger partial charge in [0.05, 0.1) is 11.2 Å². The van der Waals surface area contributed by atoms with Gasteiger partial charge in [-0.25, -0.2) is 4.98 Å². The molecule has 1 heterocycles. The second-order valence-electron chi connectivity index (χ2n) is 7.56. The zero-order valence-corrected chi connectivity index (χ0v) is 18.7. The number of pyridine rings is 1. The highest BCUT2D eigenvalue weighted by molar-refractivity contribution is 5.94. The lowest BCUT2D eigenvalue weighted by Crippen LogP contribution is -1.93. The normalized spacial score (nSPS) is 10.2. The molecule has 3 aromatic carbocycles. The molecule has 0 aliphatic carbocycles. The van der Waals surface area contributed by atoms with Crippen molar-refractivity contribution in [2.24, 2.45) is 0 Å². The van der Waals surface area contributed by atoms with Crippen LogP contribution in [-0.4, -0.2) is 4.98 Å². The summed E-state index contributed by atoms with van der Waals surface area (Å²) < 4.78 is 0. The molecule has 0 bridgehead atoms. The van der Waals surface area contributed by atoms with Crippen molar-refractivity contribution in [1.29, 1.82) is 0 Å². The second kappa shape index (κ2) is 10.4. The predicted molar refractivity (Wildman–Crippen MR) is 137 cm³/mol. The third kappa shape index (κ3) is 5.29. The molecule has 2 heteroatoms. The number of anilines is 1. The minimum Gasteiger partial charge on any atom is -0.362 e. The van der Waals surface area contributed by atoms with Crippen LogP contribution in [0.4, 0.5) is 5.69 Å². The van der Waals surface area contributed by atoms with Crippen LogP contribution < -0.4 is 5.32 Å². The van der Waals surface area contributed by atoms with Crippen LogP contribution in [0.5, 0.6) is 0 Å². The number of allylic oxidation sites excluding steroid dienone is 1. The lowest BCUT2D eigenvalue weighted by atomic mass is 9.99. The first-order valence-corrected chi connectivity index (χ1v) is 10.7. The van der Waals surface area contributed by atoms with E-state index in [0.717, 1.165) is 33.4 Å². The molecule has 0 unspecified atom stereocenters. The number of fused-ring (bicyclic) bond motifs is 1. The first-order chi connectivity index (χ1) is 15.1. The number of rotatable bonds is 5. The van der Waals surface area contributed by atoms with Gasteiger partial charge in [0.25, 0.3) is 0 Å². The highest BCUT2D eigenvalue weighted by Gasteiger charge is 2.07. The van der Waals surface area contributed by atoms with Crippen LogP contribution in [0, 0.1) is 0 Å². The summed E-state index contributed by atoms with van der Waals surface area (Å²) in [7, 11) is 0. The molecular weight excluding hydrogens is 376 g/mol. The summed E-state index contributed by atoms with van der Waals surface area (Å²) in [5.74, 6) is 0. The number of hydrogen-bond acceptors (Lipinski definition) is 2. The van der Waals surface area contributed by atoms with E-state index in [1.165, 1.54) is 23.1 Å². The van der Waals surface area contributed by atoms with Gasteiger partial charge >= 0.3 is 0 Å². The molecule has 31 heavy (non-hydrogen) atoms. The van der Waals surface area contributed by atoms with E-state index in [-0.39, 0.29) is 0 Å². The zero-order chi connectivity index (χ0) is 22.2. The fraction of sp³-hybridized carbons (Fsp3) is 0.138. The highest BCUT2D eigenvalue weighted by Crippen LogP contribution is 2.30. The van der Waals surface area contributed by atoms with Gasteiger partial charge < -0.3 is 5.32 Å². The van der Waals surface area contributed by atoms with Crippen LogP contribution >= 0.6 is 0 Å². The summed E-state index contributed by atoms with van der Waals surface area (Å²) >= 11 is 0. The summed E-state index contributed by atoms with van der Waals surface area (Å²) in [6.45, 7) is 14.1. The van der Waals surface area contributed by atoms with E-state index in [0.29, 0.717) is 0 Å². The standard InChI is InChI=1S/C26H22N2.C3H8/c1-4-27-26-17-25(28-24-8-6-5-7-23(24)26)22-15-13-21(14-16-22)20-11-9-19(10-12-20)18(2)3;1-3-2/h4-17H,1-2H2,3H3,(H,27,28);3H2,1-2H3. The van der Waals surface area contributed by atoms with Gasteiger partial charge in [-0.05, 0) is 41.9 Å². The number of aromatic nitrogens is 1. The van der Waals surface area contributed by atoms with E-state index < -0.39 is 0 Å². The Hall–Kier alpha value is -3.65. The Morgan fingerprint density at radius 3 is 2.00 bits per heavy atom. The van der Waals surface area contributed by atoms with Gasteiger partial charge in [0.15, 0.2) is 0 Å². The van der Waals surface area contributed by atoms with E-state index in [2.05, 4.69) is 93.0 Å². The summed E-state index contributed by atoms with van der Waals surface area (Å²) in [5.41, 5.74) is 8.61. The summed E-state index contributed by atoms with van der Waals surface area (Å²) in [5, 5.41) is 4.31. The number of hydrogen-bond donors (Lipinski definition) is 1. The smallest absolute Gasteiger partial charge is 0.0730 e. The predicted octanol–water partition coefficient (Wildman–Crippen LogP) is 8.57. The average Bonchev–Trinajstić information content (AvgIpc) is 2.80. The van der Waals surface area contributed by atoms with Gasteiger partial charge in [0.2, 0.25) is 0 Å². The van der Waals surface area contributed by atoms with Gasteiger partial charge in [-0.15, -0.1) is 0 Å². The third-order valence-electron chi connectivity index (χ3n) is 4.87. The minimum absolute atomic E-state index is 0.937. The molecule has 0 radical (unpaired) electrons. The van der Waals surface area contributed by atoms with E-state index in [9.17, 15) is 0 Å². The van der Waals surface area contributed by atoms with Gasteiger partial charge in [-0.3, -0.25) is 0 Å². The zero-order valence-electron chi connectivity index (χ0n) is 18.7. The number of nitrogens with one attached hydrogen (secondary N) is 1. The largest absolute Gasteiger partial charge is 0.362 e. The average molecular weight is 407 g/mol. The molecule has 0 aliphatic heterocycles. The molecule has 1 aromatic heterocycles. The first-order valence-electron chi connectivity index (χ1n) is 10.7. The van der Waals surface area contributed by atoms with Crippen molar-refractivity contribution in [2.75, 3.05) is 5.32 Å². The molecule has 0 atom stereocenters. The van der Waals surface area contributed by atoms with Crippen LogP contribution in [0.1, 0.15) is 32.8 Å². The minimum atomic E-state index is 0.937. The van der Waals surface area contributed by atoms with E-state index >= 15 is 0 Å². The molecule has 0 spiro atoms. The lowest BCUT2D eigenvalue weighted by Gasteiger charge is -2.10. The Morgan fingerprint density at radius 1 is 0.871 bits per heavy atom. The maximum absolute atomic E-state index is 4.84. The van der Waals surface area contributed by atoms with Gasteiger partial charge in [0.1, 0.15) is 0 Å². The van der Waals surface area contributed by atoms with Gasteiger partial charge in [-0.1, -0.05) is 106 Å². The molecule has 0 amide bonds. The Bertz CT molecular complexity index is 1170. The summed E-state index contributed by atoms with van der Waals surface area (Å²) in [6.07, 6.45) is 2.95. The van der Waals surface area contributed by atoms with Crippen molar-refractivity contribution in [3.63, 3.8) is 0 Å². The van der Waals surface area contributed by atoms with Crippen molar-refractivity contribution < 1.29 is 0 Å². The summed E-state index contributed by atoms with van der Waals surface area (Å²) in [6, 6.07) is 27.2. The quantitative estimate of drug-likeness (QED) is 0.359. The fourth-order valence-corrected chi connectivity index (χ4v) is 3.33. The molecule has 4 rings (SSSR count). The van der Waals surface area contributed by atoms with Crippen LogP contribution in [0.3, 0.4) is 0 Å². The topological polar surface area (TPSA) is 24.9 Å².